The third kappa shape index (κ3) is 4.58. The molecule has 26 heavy (non-hydrogen) atoms. The van der Waals surface area contributed by atoms with E-state index in [4.69, 9.17) is 16.3 Å². The van der Waals surface area contributed by atoms with Crippen molar-refractivity contribution in [3.63, 3.8) is 0 Å². The molecule has 0 radical (unpaired) electrons. The third-order valence-corrected chi connectivity index (χ3v) is 3.96. The first kappa shape index (κ1) is 17.9. The topological polar surface area (TPSA) is 42.4 Å². The second-order valence-electron chi connectivity index (χ2n) is 5.52. The van der Waals surface area contributed by atoms with Crippen LogP contribution in [0, 0.1) is 5.82 Å². The van der Waals surface area contributed by atoms with E-state index in [9.17, 15) is 9.18 Å². The molecule has 132 valence electrons. The van der Waals surface area contributed by atoms with Crippen LogP contribution >= 0.6 is 11.6 Å². The standard InChI is InChI=1S/C20H16ClFN2O2/c21-17-8-1-2-9-18(17)26-14-20(25)24(19-10-3-4-11-23-19)13-15-6-5-7-16(22)12-15/h1-12H,13-14H2. The molecule has 0 aliphatic rings. The highest BCUT2D eigenvalue weighted by Gasteiger charge is 2.18. The minimum atomic E-state index is -0.358. The molecular weight excluding hydrogens is 355 g/mol. The van der Waals surface area contributed by atoms with E-state index in [0.717, 1.165) is 0 Å². The maximum Gasteiger partial charge on any atom is 0.266 e. The second-order valence-corrected chi connectivity index (χ2v) is 5.92. The number of benzene rings is 2. The zero-order valence-corrected chi connectivity index (χ0v) is 14.6. The maximum atomic E-state index is 13.5. The summed E-state index contributed by atoms with van der Waals surface area (Å²) in [6.07, 6.45) is 1.59. The van der Waals surface area contributed by atoms with Crippen molar-refractivity contribution in [1.29, 1.82) is 0 Å². The van der Waals surface area contributed by atoms with Crippen molar-refractivity contribution in [2.75, 3.05) is 11.5 Å². The molecule has 0 aliphatic carbocycles. The van der Waals surface area contributed by atoms with Gasteiger partial charge in [-0.25, -0.2) is 9.37 Å². The second kappa shape index (κ2) is 8.45. The van der Waals surface area contributed by atoms with Gasteiger partial charge in [-0.1, -0.05) is 41.9 Å². The number of anilines is 1. The van der Waals surface area contributed by atoms with Crippen molar-refractivity contribution in [2.24, 2.45) is 0 Å². The predicted octanol–water partition coefficient (Wildman–Crippen LogP) is 4.49. The fourth-order valence-electron chi connectivity index (χ4n) is 2.41. The summed E-state index contributed by atoms with van der Waals surface area (Å²) in [6.45, 7) is -0.0326. The highest BCUT2D eigenvalue weighted by molar-refractivity contribution is 6.32. The van der Waals surface area contributed by atoms with E-state index in [1.807, 2.05) is 0 Å². The van der Waals surface area contributed by atoms with Gasteiger partial charge in [-0.3, -0.25) is 9.69 Å². The van der Waals surface area contributed by atoms with E-state index in [1.165, 1.54) is 17.0 Å². The average Bonchev–Trinajstić information content (AvgIpc) is 2.66. The molecule has 1 heterocycles. The SMILES string of the molecule is O=C(COc1ccccc1Cl)N(Cc1cccc(F)c1)c1ccccn1. The van der Waals surface area contributed by atoms with E-state index < -0.39 is 0 Å². The van der Waals surface area contributed by atoms with Gasteiger partial charge in [0.15, 0.2) is 6.61 Å². The Kier molecular flexibility index (Phi) is 5.81. The van der Waals surface area contributed by atoms with Gasteiger partial charge in [-0.15, -0.1) is 0 Å². The van der Waals surface area contributed by atoms with Crippen LogP contribution in [0.15, 0.2) is 72.9 Å². The Labute approximate surface area is 155 Å². The van der Waals surface area contributed by atoms with Crippen LogP contribution in [0.2, 0.25) is 5.02 Å². The van der Waals surface area contributed by atoms with Crippen molar-refractivity contribution in [2.45, 2.75) is 6.54 Å². The molecule has 0 bridgehead atoms. The number of para-hydroxylation sites is 1. The lowest BCUT2D eigenvalue weighted by atomic mass is 10.2. The van der Waals surface area contributed by atoms with Crippen LogP contribution in [0.4, 0.5) is 10.2 Å². The lowest BCUT2D eigenvalue weighted by Gasteiger charge is -2.22. The van der Waals surface area contributed by atoms with Crippen molar-refractivity contribution in [1.82, 2.24) is 4.98 Å². The summed E-state index contributed by atoms with van der Waals surface area (Å²) in [5, 5.41) is 0.426. The molecule has 6 heteroatoms. The fraction of sp³-hybridized carbons (Fsp3) is 0.100. The van der Waals surface area contributed by atoms with E-state index in [2.05, 4.69) is 4.98 Å². The van der Waals surface area contributed by atoms with Crippen LogP contribution in [-0.2, 0) is 11.3 Å². The predicted molar refractivity (Wildman–Crippen MR) is 98.8 cm³/mol. The Bertz CT molecular complexity index is 890. The van der Waals surface area contributed by atoms with Gasteiger partial charge in [-0.2, -0.15) is 0 Å². The lowest BCUT2D eigenvalue weighted by Crippen LogP contribution is -2.35. The number of nitrogens with zero attached hydrogens (tertiary/aromatic N) is 2. The number of hydrogen-bond donors (Lipinski definition) is 0. The zero-order valence-electron chi connectivity index (χ0n) is 13.8. The summed E-state index contributed by atoms with van der Waals surface area (Å²) in [5.41, 5.74) is 0.654. The zero-order chi connectivity index (χ0) is 18.4. The molecule has 1 aromatic heterocycles. The molecule has 4 nitrogen and oxygen atoms in total. The fourth-order valence-corrected chi connectivity index (χ4v) is 2.60. The summed E-state index contributed by atoms with van der Waals surface area (Å²) in [7, 11) is 0. The number of aromatic nitrogens is 1. The summed E-state index contributed by atoms with van der Waals surface area (Å²) < 4.78 is 19.0. The van der Waals surface area contributed by atoms with Crippen molar-refractivity contribution in [3.8, 4) is 5.75 Å². The minimum absolute atomic E-state index is 0.180. The van der Waals surface area contributed by atoms with Gasteiger partial charge in [0, 0.05) is 6.20 Å². The lowest BCUT2D eigenvalue weighted by molar-refractivity contribution is -0.120. The van der Waals surface area contributed by atoms with Crippen LogP contribution in [0.5, 0.6) is 5.75 Å². The molecular formula is C20H16ClFN2O2. The van der Waals surface area contributed by atoms with Crippen molar-refractivity contribution in [3.05, 3.63) is 89.3 Å². The normalized spacial score (nSPS) is 10.4. The summed E-state index contributed by atoms with van der Waals surface area (Å²) in [4.78, 5) is 18.4. The van der Waals surface area contributed by atoms with Gasteiger partial charge in [0.05, 0.1) is 11.6 Å². The first-order valence-corrected chi connectivity index (χ1v) is 8.34. The summed E-state index contributed by atoms with van der Waals surface area (Å²) in [6, 6.07) is 18.3. The number of ether oxygens (including phenoxy) is 1. The Morgan fingerprint density at radius 3 is 2.62 bits per heavy atom. The van der Waals surface area contributed by atoms with Gasteiger partial charge < -0.3 is 4.74 Å². The van der Waals surface area contributed by atoms with Crippen molar-refractivity contribution < 1.29 is 13.9 Å². The first-order valence-electron chi connectivity index (χ1n) is 7.96. The van der Waals surface area contributed by atoms with Crippen LogP contribution in [0.25, 0.3) is 0 Å². The Morgan fingerprint density at radius 1 is 1.08 bits per heavy atom. The molecule has 0 N–H and O–H groups in total. The molecule has 1 amide bonds. The Hall–Kier alpha value is -2.92. The van der Waals surface area contributed by atoms with Gasteiger partial charge in [0.25, 0.3) is 5.91 Å². The number of carbonyl (C=O) groups excluding carboxylic acids is 1. The molecule has 0 unspecified atom stereocenters. The number of amides is 1. The monoisotopic (exact) mass is 370 g/mol. The first-order chi connectivity index (χ1) is 12.6. The van der Waals surface area contributed by atoms with Crippen LogP contribution in [-0.4, -0.2) is 17.5 Å². The molecule has 0 spiro atoms. The molecule has 0 atom stereocenters. The number of hydrogen-bond acceptors (Lipinski definition) is 3. The van der Waals surface area contributed by atoms with Crippen LogP contribution < -0.4 is 9.64 Å². The molecule has 2 aromatic carbocycles. The van der Waals surface area contributed by atoms with Gasteiger partial charge in [-0.05, 0) is 42.0 Å². The molecule has 3 aromatic rings. The van der Waals surface area contributed by atoms with E-state index in [-0.39, 0.29) is 24.9 Å². The number of carbonyl (C=O) groups is 1. The molecule has 0 saturated heterocycles. The average molecular weight is 371 g/mol. The smallest absolute Gasteiger partial charge is 0.266 e. The van der Waals surface area contributed by atoms with Gasteiger partial charge in [0.2, 0.25) is 0 Å². The number of pyridine rings is 1. The molecule has 0 fully saturated rings. The largest absolute Gasteiger partial charge is 0.482 e. The Balaban J connectivity index is 1.78. The molecule has 0 aliphatic heterocycles. The highest BCUT2D eigenvalue weighted by atomic mass is 35.5. The van der Waals surface area contributed by atoms with Gasteiger partial charge >= 0.3 is 0 Å². The highest BCUT2D eigenvalue weighted by Crippen LogP contribution is 2.23. The summed E-state index contributed by atoms with van der Waals surface area (Å²) >= 11 is 6.05. The van der Waals surface area contributed by atoms with Gasteiger partial charge in [0.1, 0.15) is 17.4 Å². The van der Waals surface area contributed by atoms with E-state index in [1.54, 1.807) is 60.8 Å². The minimum Gasteiger partial charge on any atom is -0.482 e. The third-order valence-electron chi connectivity index (χ3n) is 3.64. The Morgan fingerprint density at radius 2 is 1.88 bits per heavy atom. The molecule has 3 rings (SSSR count). The molecule has 0 saturated carbocycles. The quantitative estimate of drug-likeness (QED) is 0.642. The van der Waals surface area contributed by atoms with Crippen LogP contribution in [0.1, 0.15) is 5.56 Å². The van der Waals surface area contributed by atoms with Crippen LogP contribution in [0.3, 0.4) is 0 Å². The summed E-state index contributed by atoms with van der Waals surface area (Å²) in [5.74, 6) is 0.217. The number of rotatable bonds is 6. The maximum absolute atomic E-state index is 13.5. The van der Waals surface area contributed by atoms with E-state index in [0.29, 0.717) is 22.2 Å². The van der Waals surface area contributed by atoms with E-state index >= 15 is 0 Å². The number of halogens is 2. The van der Waals surface area contributed by atoms with Crippen molar-refractivity contribution >= 4 is 23.3 Å².